The predicted molar refractivity (Wildman–Crippen MR) is 78.5 cm³/mol. The van der Waals surface area contributed by atoms with Crippen molar-refractivity contribution in [3.8, 4) is 0 Å². The van der Waals surface area contributed by atoms with E-state index in [0.29, 0.717) is 17.4 Å². The van der Waals surface area contributed by atoms with Gasteiger partial charge in [0.05, 0.1) is 19.3 Å². The highest BCUT2D eigenvalue weighted by Crippen LogP contribution is 2.21. The molecule has 0 aliphatic carbocycles. The minimum absolute atomic E-state index is 0.341. The van der Waals surface area contributed by atoms with Crippen molar-refractivity contribution in [2.75, 3.05) is 18.6 Å². The van der Waals surface area contributed by atoms with Gasteiger partial charge in [-0.25, -0.2) is 9.78 Å². The fourth-order valence-corrected chi connectivity index (χ4v) is 2.60. The van der Waals surface area contributed by atoms with E-state index in [2.05, 4.69) is 15.0 Å². The van der Waals surface area contributed by atoms with Crippen LogP contribution in [-0.2, 0) is 17.8 Å². The summed E-state index contributed by atoms with van der Waals surface area (Å²) in [6, 6.07) is 7.34. The molecule has 0 saturated heterocycles. The van der Waals surface area contributed by atoms with Gasteiger partial charge in [-0.3, -0.25) is 4.68 Å². The van der Waals surface area contributed by atoms with Crippen LogP contribution in [-0.4, -0.2) is 34.4 Å². The van der Waals surface area contributed by atoms with Crippen LogP contribution in [0.2, 0.25) is 5.15 Å². The lowest BCUT2D eigenvalue weighted by atomic mass is 10.3. The number of carbonyl (C=O) groups excluding carboxylic acids is 1. The number of aromatic nitrogens is 3. The number of aryl methyl sites for hydroxylation is 1. The summed E-state index contributed by atoms with van der Waals surface area (Å²) >= 11 is 5.95. The number of methoxy groups -OCH3 is 1. The zero-order valence-electron chi connectivity index (χ0n) is 11.6. The van der Waals surface area contributed by atoms with E-state index in [1.54, 1.807) is 12.1 Å². The maximum atomic E-state index is 11.6. The van der Waals surface area contributed by atoms with E-state index in [0.717, 1.165) is 31.0 Å². The molecule has 3 rings (SSSR count). The number of hydrogen-bond donors (Lipinski definition) is 0. The molecule has 1 aliphatic rings. The first-order chi connectivity index (χ1) is 10.2. The van der Waals surface area contributed by atoms with Gasteiger partial charge in [-0.2, -0.15) is 5.10 Å². The van der Waals surface area contributed by atoms with Crippen molar-refractivity contribution in [3.63, 3.8) is 0 Å². The van der Waals surface area contributed by atoms with Gasteiger partial charge < -0.3 is 9.64 Å². The number of anilines is 1. The van der Waals surface area contributed by atoms with Gasteiger partial charge in [-0.1, -0.05) is 17.7 Å². The maximum Gasteiger partial charge on any atom is 0.358 e. The van der Waals surface area contributed by atoms with Crippen LogP contribution in [0.25, 0.3) is 0 Å². The molecule has 0 atom stereocenters. The standard InChI is InChI=1S/C14H15ClN4O2/c1-21-14(20)11-8-10-9-18(6-3-7-19(10)17-11)13-5-2-4-12(15)16-13/h2,4-5,8H,3,6-7,9H2,1H3. The quantitative estimate of drug-likeness (QED) is 0.628. The molecule has 2 aromatic rings. The third kappa shape index (κ3) is 2.85. The average molecular weight is 307 g/mol. The summed E-state index contributed by atoms with van der Waals surface area (Å²) in [7, 11) is 1.36. The van der Waals surface area contributed by atoms with Crippen LogP contribution in [0.4, 0.5) is 5.82 Å². The lowest BCUT2D eigenvalue weighted by Crippen LogP contribution is -2.23. The molecule has 0 radical (unpaired) electrons. The Morgan fingerprint density at radius 2 is 2.24 bits per heavy atom. The molecule has 0 N–H and O–H groups in total. The predicted octanol–water partition coefficient (Wildman–Crippen LogP) is 2.13. The number of nitrogens with zero attached hydrogens (tertiary/aromatic N) is 4. The van der Waals surface area contributed by atoms with Crippen molar-refractivity contribution in [2.24, 2.45) is 0 Å². The highest BCUT2D eigenvalue weighted by Gasteiger charge is 2.20. The second kappa shape index (κ2) is 5.73. The second-order valence-corrected chi connectivity index (χ2v) is 5.22. The SMILES string of the molecule is COC(=O)c1cc2n(n1)CCCN(c1cccc(Cl)n1)C2. The number of halogens is 1. The summed E-state index contributed by atoms with van der Waals surface area (Å²) in [5.74, 6) is 0.416. The van der Waals surface area contributed by atoms with E-state index < -0.39 is 5.97 Å². The van der Waals surface area contributed by atoms with Crippen LogP contribution >= 0.6 is 11.6 Å². The first-order valence-corrected chi connectivity index (χ1v) is 7.08. The summed E-state index contributed by atoms with van der Waals surface area (Å²) in [6.07, 6.45) is 0.920. The number of carbonyl (C=O) groups is 1. The first kappa shape index (κ1) is 13.9. The molecule has 0 spiro atoms. The van der Waals surface area contributed by atoms with Crippen molar-refractivity contribution >= 4 is 23.4 Å². The molecule has 0 amide bonds. The minimum Gasteiger partial charge on any atom is -0.464 e. The molecule has 0 bridgehead atoms. The smallest absolute Gasteiger partial charge is 0.358 e. The molecule has 110 valence electrons. The van der Waals surface area contributed by atoms with Gasteiger partial charge in [0, 0.05) is 13.1 Å². The fraction of sp³-hybridized carbons (Fsp3) is 0.357. The topological polar surface area (TPSA) is 60.3 Å². The molecule has 2 aromatic heterocycles. The van der Waals surface area contributed by atoms with Gasteiger partial charge in [0.25, 0.3) is 0 Å². The Morgan fingerprint density at radius 3 is 3.00 bits per heavy atom. The van der Waals surface area contributed by atoms with Crippen LogP contribution in [0.15, 0.2) is 24.3 Å². The molecule has 0 aromatic carbocycles. The van der Waals surface area contributed by atoms with Gasteiger partial charge in [0.1, 0.15) is 11.0 Å². The van der Waals surface area contributed by atoms with Gasteiger partial charge >= 0.3 is 5.97 Å². The van der Waals surface area contributed by atoms with Gasteiger partial charge in [-0.05, 0) is 24.6 Å². The van der Waals surface area contributed by atoms with E-state index in [1.807, 2.05) is 16.8 Å². The third-order valence-electron chi connectivity index (χ3n) is 3.43. The van der Waals surface area contributed by atoms with E-state index >= 15 is 0 Å². The van der Waals surface area contributed by atoms with Crippen LogP contribution in [0.1, 0.15) is 22.6 Å². The molecule has 0 saturated carbocycles. The molecule has 0 unspecified atom stereocenters. The summed E-state index contributed by atoms with van der Waals surface area (Å²) in [6.45, 7) is 2.27. The average Bonchev–Trinajstić information content (AvgIpc) is 2.78. The van der Waals surface area contributed by atoms with Gasteiger partial charge in [0.15, 0.2) is 5.69 Å². The van der Waals surface area contributed by atoms with E-state index in [9.17, 15) is 4.79 Å². The summed E-state index contributed by atoms with van der Waals surface area (Å²) in [4.78, 5) is 18.0. The number of ether oxygens (including phenoxy) is 1. The fourth-order valence-electron chi connectivity index (χ4n) is 2.44. The van der Waals surface area contributed by atoms with Crippen LogP contribution < -0.4 is 4.90 Å². The van der Waals surface area contributed by atoms with Gasteiger partial charge in [-0.15, -0.1) is 0 Å². The maximum absolute atomic E-state index is 11.6. The number of hydrogen-bond acceptors (Lipinski definition) is 5. The zero-order valence-corrected chi connectivity index (χ0v) is 12.4. The Bertz CT molecular complexity index is 671. The van der Waals surface area contributed by atoms with Crippen LogP contribution in [0.3, 0.4) is 0 Å². The van der Waals surface area contributed by atoms with E-state index in [4.69, 9.17) is 16.3 Å². The normalized spacial score (nSPS) is 14.5. The number of rotatable bonds is 2. The summed E-state index contributed by atoms with van der Waals surface area (Å²) in [5, 5.41) is 4.77. The Labute approximate surface area is 127 Å². The highest BCUT2D eigenvalue weighted by molar-refractivity contribution is 6.29. The largest absolute Gasteiger partial charge is 0.464 e. The van der Waals surface area contributed by atoms with E-state index in [1.165, 1.54) is 7.11 Å². The third-order valence-corrected chi connectivity index (χ3v) is 3.64. The van der Waals surface area contributed by atoms with Crippen molar-refractivity contribution in [1.29, 1.82) is 0 Å². The minimum atomic E-state index is -0.414. The lowest BCUT2D eigenvalue weighted by Gasteiger charge is -2.20. The van der Waals surface area contributed by atoms with Crippen molar-refractivity contribution in [1.82, 2.24) is 14.8 Å². The van der Waals surface area contributed by atoms with Crippen LogP contribution in [0.5, 0.6) is 0 Å². The first-order valence-electron chi connectivity index (χ1n) is 6.70. The molecule has 1 aliphatic heterocycles. The molecule has 21 heavy (non-hydrogen) atoms. The Kier molecular flexibility index (Phi) is 3.79. The number of pyridine rings is 1. The second-order valence-electron chi connectivity index (χ2n) is 4.83. The Balaban J connectivity index is 1.88. The summed E-state index contributed by atoms with van der Waals surface area (Å²) in [5.41, 5.74) is 1.31. The molecule has 3 heterocycles. The van der Waals surface area contributed by atoms with Crippen molar-refractivity contribution in [3.05, 3.63) is 40.8 Å². The number of esters is 1. The highest BCUT2D eigenvalue weighted by atomic mass is 35.5. The molecule has 7 heteroatoms. The number of fused-ring (bicyclic) bond motifs is 1. The van der Waals surface area contributed by atoms with Gasteiger partial charge in [0.2, 0.25) is 0 Å². The summed E-state index contributed by atoms with van der Waals surface area (Å²) < 4.78 is 6.57. The van der Waals surface area contributed by atoms with Crippen LogP contribution in [0, 0.1) is 0 Å². The van der Waals surface area contributed by atoms with Crippen molar-refractivity contribution < 1.29 is 9.53 Å². The Hall–Kier alpha value is -2.08. The monoisotopic (exact) mass is 306 g/mol. The Morgan fingerprint density at radius 1 is 1.38 bits per heavy atom. The molecular formula is C14H15ClN4O2. The van der Waals surface area contributed by atoms with E-state index in [-0.39, 0.29) is 0 Å². The molecule has 0 fully saturated rings. The molecule has 6 nitrogen and oxygen atoms in total. The lowest BCUT2D eigenvalue weighted by molar-refractivity contribution is 0.0593. The molecular weight excluding hydrogens is 292 g/mol. The van der Waals surface area contributed by atoms with Crippen molar-refractivity contribution in [2.45, 2.75) is 19.5 Å². The zero-order chi connectivity index (χ0) is 14.8.